The van der Waals surface area contributed by atoms with Crippen molar-refractivity contribution in [3.05, 3.63) is 86.2 Å². The van der Waals surface area contributed by atoms with Gasteiger partial charge in [-0.2, -0.15) is 4.98 Å². The first kappa shape index (κ1) is 46.7. The van der Waals surface area contributed by atoms with Crippen LogP contribution >= 0.6 is 0 Å². The van der Waals surface area contributed by atoms with Gasteiger partial charge in [0.2, 0.25) is 27.8 Å². The number of para-hydroxylation sites is 1. The van der Waals surface area contributed by atoms with Crippen LogP contribution in [-0.2, 0) is 33.1 Å². The highest BCUT2D eigenvalue weighted by atomic mass is 32.2. The maximum atomic E-state index is 13.9. The SMILES string of the molecule is Cc1cc(S(=O)(=O)NCCCCCCCCCCCCc2cccc3c2n(C)c(=O)n3C2CCC(=O)NC2=O)ccc1Nc1ncc2cc(C(F)F)c(=O)n([C@@H]3CCC[C@@]3(C)O)c2n1. The predicted octanol–water partition coefficient (Wildman–Crippen LogP) is 7.31. The van der Waals surface area contributed by atoms with Crippen molar-refractivity contribution in [2.75, 3.05) is 11.9 Å². The average Bonchev–Trinajstić information content (AvgIpc) is 3.73. The average molecular weight is 905 g/mol. The van der Waals surface area contributed by atoms with Crippen LogP contribution in [0.1, 0.15) is 138 Å². The van der Waals surface area contributed by atoms with Crippen LogP contribution in [-0.4, -0.2) is 61.2 Å². The number of alkyl halides is 2. The van der Waals surface area contributed by atoms with Gasteiger partial charge >= 0.3 is 5.69 Å². The normalized spacial score (nSPS) is 19.3. The fourth-order valence-electron chi connectivity index (χ4n) is 9.34. The van der Waals surface area contributed by atoms with Crippen LogP contribution in [0, 0.1) is 6.92 Å². The molecule has 2 aromatic carbocycles. The molecule has 7 rings (SSSR count). The molecule has 64 heavy (non-hydrogen) atoms. The lowest BCUT2D eigenvalue weighted by molar-refractivity contribution is -0.135. The largest absolute Gasteiger partial charge is 0.388 e. The van der Waals surface area contributed by atoms with E-state index in [1.165, 1.54) is 21.4 Å². The van der Waals surface area contributed by atoms with Gasteiger partial charge in [-0.1, -0.05) is 63.5 Å². The summed E-state index contributed by atoms with van der Waals surface area (Å²) in [6, 6.07) is 10.1. The van der Waals surface area contributed by atoms with E-state index in [0.29, 0.717) is 55.4 Å². The number of nitrogens with one attached hydrogen (secondary N) is 3. The van der Waals surface area contributed by atoms with E-state index >= 15 is 0 Å². The molecule has 0 radical (unpaired) electrons. The number of nitrogens with zero attached hydrogens (tertiary/aromatic N) is 5. The van der Waals surface area contributed by atoms with E-state index in [1.54, 1.807) is 37.6 Å². The van der Waals surface area contributed by atoms with E-state index in [-0.39, 0.29) is 39.9 Å². The summed E-state index contributed by atoms with van der Waals surface area (Å²) in [6.45, 7) is 3.65. The maximum absolute atomic E-state index is 13.9. The first-order chi connectivity index (χ1) is 30.6. The number of imidazole rings is 1. The second-order valence-electron chi connectivity index (χ2n) is 17.6. The van der Waals surface area contributed by atoms with Crippen molar-refractivity contribution in [3.63, 3.8) is 0 Å². The highest BCUT2D eigenvalue weighted by molar-refractivity contribution is 7.89. The summed E-state index contributed by atoms with van der Waals surface area (Å²) in [7, 11) is -2.04. The molecule has 344 valence electrons. The lowest BCUT2D eigenvalue weighted by Crippen LogP contribution is -2.44. The summed E-state index contributed by atoms with van der Waals surface area (Å²) in [4.78, 5) is 59.6. The van der Waals surface area contributed by atoms with E-state index in [4.69, 9.17) is 0 Å². The Hall–Kier alpha value is -5.33. The summed E-state index contributed by atoms with van der Waals surface area (Å²) in [5.74, 6) is -0.665. The third-order valence-electron chi connectivity index (χ3n) is 12.9. The summed E-state index contributed by atoms with van der Waals surface area (Å²) in [5, 5.41) is 16.7. The summed E-state index contributed by atoms with van der Waals surface area (Å²) in [5.41, 5.74) is 0.746. The Bertz CT molecular complexity index is 2770. The molecule has 1 saturated carbocycles. The Morgan fingerprint density at radius 2 is 1.64 bits per heavy atom. The number of unbranched alkanes of at least 4 members (excludes halogenated alkanes) is 9. The molecule has 3 aromatic heterocycles. The number of carbonyl (C=O) groups is 2. The van der Waals surface area contributed by atoms with Gasteiger partial charge in [0.1, 0.15) is 11.7 Å². The lowest BCUT2D eigenvalue weighted by Gasteiger charge is -2.28. The number of imide groups is 1. The van der Waals surface area contributed by atoms with Crippen LogP contribution in [0.4, 0.5) is 20.4 Å². The number of sulfonamides is 1. The fraction of sp³-hybridized carbons (Fsp3) is 0.522. The molecule has 1 aliphatic carbocycles. The van der Waals surface area contributed by atoms with Gasteiger partial charge in [0, 0.05) is 37.3 Å². The van der Waals surface area contributed by atoms with E-state index in [9.17, 15) is 41.5 Å². The molecule has 2 aliphatic rings. The highest BCUT2D eigenvalue weighted by Crippen LogP contribution is 2.40. The van der Waals surface area contributed by atoms with Gasteiger partial charge in [-0.3, -0.25) is 33.4 Å². The third-order valence-corrected chi connectivity index (χ3v) is 14.3. The molecular weight excluding hydrogens is 847 g/mol. The van der Waals surface area contributed by atoms with Crippen molar-refractivity contribution in [3.8, 4) is 0 Å². The monoisotopic (exact) mass is 904 g/mol. The van der Waals surface area contributed by atoms with Crippen molar-refractivity contribution in [2.45, 2.75) is 146 Å². The highest BCUT2D eigenvalue weighted by Gasteiger charge is 2.40. The Morgan fingerprint density at radius 1 is 0.938 bits per heavy atom. The van der Waals surface area contributed by atoms with E-state index in [1.807, 2.05) is 18.2 Å². The van der Waals surface area contributed by atoms with Crippen LogP contribution in [0.25, 0.3) is 22.1 Å². The van der Waals surface area contributed by atoms with Gasteiger partial charge in [-0.25, -0.2) is 31.7 Å². The number of hydrogen-bond donors (Lipinski definition) is 4. The first-order valence-corrected chi connectivity index (χ1v) is 23.9. The van der Waals surface area contributed by atoms with Crippen LogP contribution in [0.5, 0.6) is 0 Å². The second kappa shape index (κ2) is 19.8. The standard InChI is InChI=1S/C46H58F2N8O7S/c1-29-26-32(20-21-34(29)51-44-49-28-31-27-33(40(47)48)43(59)56(41(31)53-44)37-19-15-24-46(37,2)61)64(62,63)50-25-13-11-9-7-5-4-6-8-10-12-16-30-17-14-18-35-39(30)54(3)45(60)55(35)36-22-23-38(57)52-42(36)58/h14,17-18,20-21,26-28,36-37,40,50,61H,4-13,15-16,19,22-25H2,1-3H3,(H,49,51,53)(H,52,57,58)/t36?,37-,46-/m1/s1. The van der Waals surface area contributed by atoms with Crippen molar-refractivity contribution >= 4 is 55.5 Å². The number of aliphatic hydroxyl groups is 1. The van der Waals surface area contributed by atoms with Crippen LogP contribution in [0.2, 0.25) is 0 Å². The number of halogens is 2. The molecule has 4 heterocycles. The van der Waals surface area contributed by atoms with Gasteiger partial charge in [0.25, 0.3) is 12.0 Å². The van der Waals surface area contributed by atoms with Crippen molar-refractivity contribution in [2.24, 2.45) is 7.05 Å². The molecule has 3 atom stereocenters. The predicted molar refractivity (Wildman–Crippen MR) is 240 cm³/mol. The molecule has 4 N–H and O–H groups in total. The number of benzene rings is 2. The number of aromatic nitrogens is 5. The number of aryl methyl sites for hydroxylation is 3. The van der Waals surface area contributed by atoms with Crippen molar-refractivity contribution in [1.82, 2.24) is 33.7 Å². The smallest absolute Gasteiger partial charge is 0.329 e. The molecule has 18 heteroatoms. The minimum Gasteiger partial charge on any atom is -0.388 e. The summed E-state index contributed by atoms with van der Waals surface area (Å²) < 4.78 is 61.0. The summed E-state index contributed by atoms with van der Waals surface area (Å²) in [6.07, 6.45) is 11.4. The maximum Gasteiger partial charge on any atom is 0.329 e. The molecule has 5 aromatic rings. The summed E-state index contributed by atoms with van der Waals surface area (Å²) >= 11 is 0. The van der Waals surface area contributed by atoms with Crippen LogP contribution in [0.15, 0.2) is 63.1 Å². The van der Waals surface area contributed by atoms with Crippen LogP contribution in [0.3, 0.4) is 0 Å². The second-order valence-corrected chi connectivity index (χ2v) is 19.3. The van der Waals surface area contributed by atoms with E-state index in [0.717, 1.165) is 81.4 Å². The number of carbonyl (C=O) groups excluding carboxylic acids is 2. The zero-order valence-corrected chi connectivity index (χ0v) is 37.5. The Kier molecular flexibility index (Phi) is 14.4. The minimum atomic E-state index is -3.77. The minimum absolute atomic E-state index is 0.0825. The van der Waals surface area contributed by atoms with Gasteiger partial charge in [0.15, 0.2) is 0 Å². The van der Waals surface area contributed by atoms with Gasteiger partial charge in [-0.15, -0.1) is 0 Å². The zero-order chi connectivity index (χ0) is 45.8. The number of rotatable bonds is 20. The molecular formula is C46H58F2N8O7S. The van der Waals surface area contributed by atoms with Gasteiger partial charge in [-0.05, 0) is 100 Å². The van der Waals surface area contributed by atoms with E-state index in [2.05, 4.69) is 25.3 Å². The number of hydrogen-bond acceptors (Lipinski definition) is 10. The Labute approximate surface area is 370 Å². The van der Waals surface area contributed by atoms with E-state index < -0.39 is 51.2 Å². The quantitative estimate of drug-likeness (QED) is 0.0454. The first-order valence-electron chi connectivity index (χ1n) is 22.4. The molecule has 0 bridgehead atoms. The van der Waals surface area contributed by atoms with Crippen molar-refractivity contribution in [1.29, 1.82) is 0 Å². The molecule has 2 amide bonds. The zero-order valence-electron chi connectivity index (χ0n) is 36.7. The number of piperidine rings is 1. The van der Waals surface area contributed by atoms with Crippen molar-refractivity contribution < 1.29 is 31.9 Å². The molecule has 1 unspecified atom stereocenters. The molecule has 0 spiro atoms. The molecule has 1 aliphatic heterocycles. The van der Waals surface area contributed by atoms with Crippen LogP contribution < -0.4 is 26.6 Å². The molecule has 15 nitrogen and oxygen atoms in total. The molecule has 1 saturated heterocycles. The Morgan fingerprint density at radius 3 is 2.30 bits per heavy atom. The molecule has 2 fully saturated rings. The number of fused-ring (bicyclic) bond motifs is 2. The lowest BCUT2D eigenvalue weighted by atomic mass is 9.99. The third kappa shape index (κ3) is 10.1. The number of pyridine rings is 1. The Balaban J connectivity index is 0.815. The number of anilines is 2. The number of amides is 2. The fourth-order valence-corrected chi connectivity index (χ4v) is 10.5. The van der Waals surface area contributed by atoms with Gasteiger partial charge < -0.3 is 10.4 Å². The topological polar surface area (TPSA) is 199 Å². The van der Waals surface area contributed by atoms with Gasteiger partial charge in [0.05, 0.1) is 33.1 Å².